The molecule has 2 aromatic carbocycles. The van der Waals surface area contributed by atoms with Gasteiger partial charge in [0.1, 0.15) is 12.1 Å². The lowest BCUT2D eigenvalue weighted by Crippen LogP contribution is -2.58. The summed E-state index contributed by atoms with van der Waals surface area (Å²) in [6, 6.07) is 8.16. The van der Waals surface area contributed by atoms with Gasteiger partial charge in [0.05, 0.1) is 17.5 Å². The summed E-state index contributed by atoms with van der Waals surface area (Å²) >= 11 is 0. The lowest BCUT2D eigenvalue weighted by Gasteiger charge is -2.35. The summed E-state index contributed by atoms with van der Waals surface area (Å²) in [5.41, 5.74) is 1.06. The number of aryl methyl sites for hydroxylation is 1. The minimum absolute atomic E-state index is 0.0201. The Balaban J connectivity index is 1.33. The second-order valence-corrected chi connectivity index (χ2v) is 16.0. The number of carboxylic acid groups (broad SMARTS) is 1. The van der Waals surface area contributed by atoms with Crippen LogP contribution in [0, 0.1) is 5.92 Å². The van der Waals surface area contributed by atoms with Gasteiger partial charge in [0.25, 0.3) is 5.91 Å². The maximum Gasteiger partial charge on any atom is 0.330 e. The number of aliphatic carboxylic acids is 1. The van der Waals surface area contributed by atoms with Gasteiger partial charge in [0.15, 0.2) is 6.04 Å². The van der Waals surface area contributed by atoms with E-state index in [1.54, 1.807) is 37.3 Å². The fraction of sp³-hybridized carbons (Fsp3) is 0.500. The number of nitrogens with zero attached hydrogens (tertiary/aromatic N) is 1. The zero-order chi connectivity index (χ0) is 39.7. The molecule has 3 aliphatic heterocycles. The SMILES string of the molecule is CCCC(NC(=O)C1C[C@@H]2CN1C(=O)C(C1CCCCC1)NC(=O)CCc1ccc(cc1)S(=O)(=O)N2)C(=O)C(=O)NCC(=O)N[C@H](C(=O)O)c1ccccc1. The van der Waals surface area contributed by atoms with E-state index in [-0.39, 0.29) is 42.5 Å². The summed E-state index contributed by atoms with van der Waals surface area (Å²) in [6.07, 6.45) is 4.69. The van der Waals surface area contributed by atoms with Crippen molar-refractivity contribution in [3.8, 4) is 0 Å². The molecule has 0 spiro atoms. The molecule has 0 aromatic heterocycles. The molecule has 17 heteroatoms. The van der Waals surface area contributed by atoms with Crippen LogP contribution >= 0.6 is 0 Å². The molecular weight excluding hydrogens is 733 g/mol. The molecule has 6 rings (SSSR count). The predicted molar refractivity (Wildman–Crippen MR) is 197 cm³/mol. The molecule has 16 nitrogen and oxygen atoms in total. The molecule has 3 unspecified atom stereocenters. The summed E-state index contributed by atoms with van der Waals surface area (Å²) < 4.78 is 29.5. The number of fused-ring (bicyclic) bond motifs is 8. The Morgan fingerprint density at radius 2 is 1.62 bits per heavy atom. The number of Topliss-reactive ketones (excluding diaryl/α,β-unsaturated/α-hetero) is 1. The van der Waals surface area contributed by atoms with Gasteiger partial charge in [-0.3, -0.25) is 28.8 Å². The number of carboxylic acids is 1. The van der Waals surface area contributed by atoms with Crippen molar-refractivity contribution in [1.29, 1.82) is 0 Å². The maximum absolute atomic E-state index is 14.4. The fourth-order valence-electron chi connectivity index (χ4n) is 7.44. The van der Waals surface area contributed by atoms with Crippen LogP contribution in [-0.4, -0.2) is 97.0 Å². The number of benzene rings is 2. The molecule has 6 N–H and O–H groups in total. The summed E-state index contributed by atoms with van der Waals surface area (Å²) in [7, 11) is -4.08. The third-order valence-electron chi connectivity index (χ3n) is 10.3. The van der Waals surface area contributed by atoms with Crippen LogP contribution < -0.4 is 26.0 Å². The van der Waals surface area contributed by atoms with Gasteiger partial charge in [-0.15, -0.1) is 0 Å². The standard InChI is InChI=1S/C38H48N6O10S/c1-2-9-28(34(47)36(49)39-21-31(46)42-33(38(51)52)25-12-7-4-8-13-25)40-35(48)29-20-26-22-44(29)37(50)32(24-10-5-3-6-11-24)41-30(45)19-16-23-14-17-27(18-15-23)55(53,54)43-26/h4,7-8,12-15,17-18,24,26,28-29,32-33,43H,2-3,5-6,9-11,16,19-22H2,1H3,(H,39,49)(H,40,48)(H,41,45)(H,42,46)(H,51,52)/t26-,28?,29?,32?,33+/m1/s1. The number of hydrogen-bond donors (Lipinski definition) is 6. The van der Waals surface area contributed by atoms with Crippen molar-refractivity contribution in [2.24, 2.45) is 5.92 Å². The molecule has 4 aliphatic rings. The van der Waals surface area contributed by atoms with Crippen LogP contribution in [-0.2, 0) is 50.0 Å². The highest BCUT2D eigenvalue weighted by Crippen LogP contribution is 2.30. The fourth-order valence-corrected chi connectivity index (χ4v) is 8.68. The summed E-state index contributed by atoms with van der Waals surface area (Å²) in [4.78, 5) is 93.7. The topological polar surface area (TPSA) is 237 Å². The molecular formula is C38H48N6O10S. The number of carbonyl (C=O) groups is 7. The molecule has 0 radical (unpaired) electrons. The van der Waals surface area contributed by atoms with E-state index < -0.39 is 82.2 Å². The zero-order valence-electron chi connectivity index (χ0n) is 30.6. The Hall–Kier alpha value is -5.16. The molecule has 3 heterocycles. The first-order valence-corrected chi connectivity index (χ1v) is 20.2. The van der Waals surface area contributed by atoms with E-state index in [0.717, 1.165) is 24.8 Å². The van der Waals surface area contributed by atoms with Crippen molar-refractivity contribution in [1.82, 2.24) is 30.9 Å². The largest absolute Gasteiger partial charge is 0.479 e. The molecule has 5 amide bonds. The first-order valence-electron chi connectivity index (χ1n) is 18.7. The van der Waals surface area contributed by atoms with Gasteiger partial charge < -0.3 is 31.3 Å². The molecule has 1 saturated heterocycles. The highest BCUT2D eigenvalue weighted by Gasteiger charge is 2.46. The summed E-state index contributed by atoms with van der Waals surface area (Å²) in [5, 5.41) is 19.6. The number of nitrogens with one attached hydrogen (secondary N) is 5. The maximum atomic E-state index is 14.4. The van der Waals surface area contributed by atoms with E-state index in [9.17, 15) is 47.1 Å². The Morgan fingerprint density at radius 1 is 0.927 bits per heavy atom. The Labute approximate surface area is 319 Å². The Kier molecular flexibility index (Phi) is 13.8. The first kappa shape index (κ1) is 41.0. The van der Waals surface area contributed by atoms with Gasteiger partial charge in [0, 0.05) is 19.0 Å². The molecule has 4 bridgehead atoms. The second kappa shape index (κ2) is 18.4. The minimum Gasteiger partial charge on any atom is -0.479 e. The number of ketones is 1. The van der Waals surface area contributed by atoms with E-state index >= 15 is 0 Å². The van der Waals surface area contributed by atoms with Crippen LogP contribution in [0.25, 0.3) is 0 Å². The highest BCUT2D eigenvalue weighted by atomic mass is 32.2. The van der Waals surface area contributed by atoms with Crippen molar-refractivity contribution in [2.75, 3.05) is 13.1 Å². The summed E-state index contributed by atoms with van der Waals surface area (Å²) in [6.45, 7) is 0.815. The predicted octanol–water partition coefficient (Wildman–Crippen LogP) is 0.858. The van der Waals surface area contributed by atoms with Crippen LogP contribution in [0.3, 0.4) is 0 Å². The van der Waals surface area contributed by atoms with Crippen LogP contribution in [0.2, 0.25) is 0 Å². The normalized spacial score (nSPS) is 22.6. The van der Waals surface area contributed by atoms with Gasteiger partial charge in [0.2, 0.25) is 39.4 Å². The third-order valence-corrected chi connectivity index (χ3v) is 11.9. The molecule has 5 atom stereocenters. The molecule has 296 valence electrons. The van der Waals surface area contributed by atoms with E-state index in [1.165, 1.54) is 29.2 Å². The smallest absolute Gasteiger partial charge is 0.330 e. The quantitative estimate of drug-likeness (QED) is 0.166. The molecule has 1 aliphatic carbocycles. The Morgan fingerprint density at radius 3 is 2.27 bits per heavy atom. The van der Waals surface area contributed by atoms with Crippen LogP contribution in [0.1, 0.15) is 81.9 Å². The molecule has 1 saturated carbocycles. The van der Waals surface area contributed by atoms with E-state index in [2.05, 4.69) is 26.0 Å². The number of sulfonamides is 1. The lowest BCUT2D eigenvalue weighted by molar-refractivity contribution is -0.144. The number of amides is 5. The van der Waals surface area contributed by atoms with Crippen molar-refractivity contribution in [2.45, 2.75) is 106 Å². The van der Waals surface area contributed by atoms with Crippen molar-refractivity contribution in [3.05, 3.63) is 65.7 Å². The van der Waals surface area contributed by atoms with Gasteiger partial charge in [-0.05, 0) is 61.3 Å². The highest BCUT2D eigenvalue weighted by molar-refractivity contribution is 7.89. The molecule has 2 fully saturated rings. The van der Waals surface area contributed by atoms with Crippen LogP contribution in [0.4, 0.5) is 0 Å². The second-order valence-electron chi connectivity index (χ2n) is 14.3. The van der Waals surface area contributed by atoms with Crippen LogP contribution in [0.15, 0.2) is 59.5 Å². The zero-order valence-corrected chi connectivity index (χ0v) is 31.4. The minimum atomic E-state index is -4.08. The van der Waals surface area contributed by atoms with E-state index in [0.29, 0.717) is 31.2 Å². The monoisotopic (exact) mass is 780 g/mol. The first-order chi connectivity index (χ1) is 26.3. The van der Waals surface area contributed by atoms with Crippen molar-refractivity contribution < 1.29 is 47.1 Å². The number of carbonyl (C=O) groups excluding carboxylic acids is 6. The average molecular weight is 781 g/mol. The van der Waals surface area contributed by atoms with Crippen molar-refractivity contribution in [3.63, 3.8) is 0 Å². The number of rotatable bonds is 12. The molecule has 55 heavy (non-hydrogen) atoms. The molecule has 2 aromatic rings. The van der Waals surface area contributed by atoms with Gasteiger partial charge >= 0.3 is 5.97 Å². The average Bonchev–Trinajstić information content (AvgIpc) is 3.60. The Bertz CT molecular complexity index is 1870. The van der Waals surface area contributed by atoms with Crippen LogP contribution in [0.5, 0.6) is 0 Å². The van der Waals surface area contributed by atoms with E-state index in [1.807, 2.05) is 0 Å². The van der Waals surface area contributed by atoms with Gasteiger partial charge in [-0.25, -0.2) is 17.9 Å². The van der Waals surface area contributed by atoms with Gasteiger partial charge in [-0.2, -0.15) is 0 Å². The van der Waals surface area contributed by atoms with E-state index in [4.69, 9.17) is 0 Å². The third kappa shape index (κ3) is 10.5. The lowest BCUT2D eigenvalue weighted by atomic mass is 9.83. The van der Waals surface area contributed by atoms with Crippen molar-refractivity contribution >= 4 is 51.3 Å². The number of hydrogen-bond acceptors (Lipinski definition) is 9. The van der Waals surface area contributed by atoms with Gasteiger partial charge in [-0.1, -0.05) is 75.1 Å². The summed E-state index contributed by atoms with van der Waals surface area (Å²) in [5.74, 6) is -6.35.